The lowest BCUT2D eigenvalue weighted by atomic mass is 10.1. The van der Waals surface area contributed by atoms with Crippen molar-refractivity contribution in [3.05, 3.63) is 54.6 Å². The Morgan fingerprint density at radius 1 is 1.12 bits per heavy atom. The van der Waals surface area contributed by atoms with Gasteiger partial charge in [-0.05, 0) is 41.5 Å². The van der Waals surface area contributed by atoms with Crippen LogP contribution in [-0.4, -0.2) is 43.5 Å². The standard InChI is InChI=1S/C20H18O6/c1-2-18(21)25-15-6-5-12-9-14(4-3-13(12)10-15)20(22)26-17-11-24-16-7-8-23-19(16)17/h2-6,9-10,16-17,19H,1,7-8,11H2/t16?,17-,19?/m1/s1. The average molecular weight is 354 g/mol. The molecule has 26 heavy (non-hydrogen) atoms. The van der Waals surface area contributed by atoms with Crippen LogP contribution in [0.4, 0.5) is 0 Å². The molecule has 2 heterocycles. The Labute approximate surface area is 150 Å². The van der Waals surface area contributed by atoms with E-state index >= 15 is 0 Å². The van der Waals surface area contributed by atoms with Crippen LogP contribution in [0.5, 0.6) is 5.75 Å². The molecule has 2 saturated heterocycles. The van der Waals surface area contributed by atoms with E-state index in [1.54, 1.807) is 36.4 Å². The summed E-state index contributed by atoms with van der Waals surface area (Å²) in [5.41, 5.74) is 0.454. The minimum absolute atomic E-state index is 0.0288. The summed E-state index contributed by atoms with van der Waals surface area (Å²) in [6.07, 6.45) is 1.44. The molecule has 0 N–H and O–H groups in total. The molecule has 2 aromatic carbocycles. The summed E-state index contributed by atoms with van der Waals surface area (Å²) in [4.78, 5) is 23.8. The van der Waals surface area contributed by atoms with Crippen LogP contribution in [-0.2, 0) is 19.0 Å². The number of fused-ring (bicyclic) bond motifs is 2. The number of ether oxygens (including phenoxy) is 4. The lowest BCUT2D eigenvalue weighted by molar-refractivity contribution is -0.128. The van der Waals surface area contributed by atoms with Gasteiger partial charge in [0.05, 0.1) is 18.3 Å². The summed E-state index contributed by atoms with van der Waals surface area (Å²) in [7, 11) is 0. The Balaban J connectivity index is 1.49. The summed E-state index contributed by atoms with van der Waals surface area (Å²) < 4.78 is 21.9. The molecule has 6 nitrogen and oxygen atoms in total. The predicted molar refractivity (Wildman–Crippen MR) is 93.1 cm³/mol. The van der Waals surface area contributed by atoms with Gasteiger partial charge in [-0.2, -0.15) is 0 Å². The molecule has 0 bridgehead atoms. The van der Waals surface area contributed by atoms with Crippen LogP contribution in [0, 0.1) is 0 Å². The molecule has 2 aliphatic rings. The van der Waals surface area contributed by atoms with E-state index in [1.165, 1.54) is 0 Å². The van der Waals surface area contributed by atoms with Gasteiger partial charge in [-0.25, -0.2) is 9.59 Å². The SMILES string of the molecule is C=CC(=O)Oc1ccc2cc(C(=O)O[C@@H]3COC4CCOC43)ccc2c1. The third kappa shape index (κ3) is 3.21. The first kappa shape index (κ1) is 16.8. The maximum atomic E-state index is 12.5. The van der Waals surface area contributed by atoms with Gasteiger partial charge in [-0.15, -0.1) is 0 Å². The van der Waals surface area contributed by atoms with Crippen LogP contribution < -0.4 is 4.74 Å². The largest absolute Gasteiger partial charge is 0.453 e. The number of esters is 2. The Kier molecular flexibility index (Phi) is 4.44. The summed E-state index contributed by atoms with van der Waals surface area (Å²) in [5, 5.41) is 1.69. The topological polar surface area (TPSA) is 71.1 Å². The maximum Gasteiger partial charge on any atom is 0.338 e. The van der Waals surface area contributed by atoms with Crippen molar-refractivity contribution in [2.75, 3.05) is 13.2 Å². The molecule has 3 atom stereocenters. The highest BCUT2D eigenvalue weighted by molar-refractivity contribution is 5.96. The van der Waals surface area contributed by atoms with Gasteiger partial charge < -0.3 is 18.9 Å². The average Bonchev–Trinajstić information content (AvgIpc) is 3.26. The molecule has 0 aliphatic carbocycles. The fourth-order valence-electron chi connectivity index (χ4n) is 3.31. The molecule has 2 aliphatic heterocycles. The van der Waals surface area contributed by atoms with Crippen molar-refractivity contribution in [3.8, 4) is 5.75 Å². The van der Waals surface area contributed by atoms with Gasteiger partial charge in [0.15, 0.2) is 6.10 Å². The van der Waals surface area contributed by atoms with Crippen LogP contribution in [0.3, 0.4) is 0 Å². The molecule has 0 spiro atoms. The molecular formula is C20H18O6. The van der Waals surface area contributed by atoms with Gasteiger partial charge in [-0.1, -0.05) is 18.7 Å². The molecule has 2 unspecified atom stereocenters. The Bertz CT molecular complexity index is 874. The fourth-order valence-corrected chi connectivity index (χ4v) is 3.31. The van der Waals surface area contributed by atoms with Crippen molar-refractivity contribution in [2.24, 2.45) is 0 Å². The second-order valence-corrected chi connectivity index (χ2v) is 6.29. The molecule has 2 fully saturated rings. The predicted octanol–water partition coefficient (Wildman–Crippen LogP) is 2.64. The van der Waals surface area contributed by atoms with E-state index in [4.69, 9.17) is 18.9 Å². The van der Waals surface area contributed by atoms with Crippen molar-refractivity contribution >= 4 is 22.7 Å². The van der Waals surface area contributed by atoms with Crippen molar-refractivity contribution in [1.82, 2.24) is 0 Å². The van der Waals surface area contributed by atoms with Crippen LogP contribution >= 0.6 is 0 Å². The molecule has 0 amide bonds. The van der Waals surface area contributed by atoms with Crippen molar-refractivity contribution in [1.29, 1.82) is 0 Å². The van der Waals surface area contributed by atoms with E-state index < -0.39 is 11.9 Å². The normalized spacial score (nSPS) is 24.2. The van der Waals surface area contributed by atoms with Gasteiger partial charge in [0.2, 0.25) is 0 Å². The van der Waals surface area contributed by atoms with E-state index in [1.807, 2.05) is 0 Å². The number of carbonyl (C=O) groups excluding carboxylic acids is 2. The quantitative estimate of drug-likeness (QED) is 0.478. The first-order valence-electron chi connectivity index (χ1n) is 8.46. The second kappa shape index (κ2) is 6.90. The molecule has 2 aromatic rings. The van der Waals surface area contributed by atoms with Crippen LogP contribution in [0.1, 0.15) is 16.8 Å². The van der Waals surface area contributed by atoms with E-state index in [0.717, 1.165) is 23.3 Å². The van der Waals surface area contributed by atoms with Gasteiger partial charge >= 0.3 is 11.9 Å². The van der Waals surface area contributed by atoms with Crippen LogP contribution in [0.25, 0.3) is 10.8 Å². The van der Waals surface area contributed by atoms with Crippen molar-refractivity contribution < 1.29 is 28.5 Å². The third-order valence-electron chi connectivity index (χ3n) is 4.61. The molecule has 0 aromatic heterocycles. The first-order chi connectivity index (χ1) is 12.6. The lowest BCUT2D eigenvalue weighted by Gasteiger charge is -2.16. The highest BCUT2D eigenvalue weighted by Crippen LogP contribution is 2.29. The first-order valence-corrected chi connectivity index (χ1v) is 8.46. The molecule has 6 heteroatoms. The van der Waals surface area contributed by atoms with E-state index in [-0.39, 0.29) is 18.3 Å². The third-order valence-corrected chi connectivity index (χ3v) is 4.61. The second-order valence-electron chi connectivity index (χ2n) is 6.29. The maximum absolute atomic E-state index is 12.5. The number of carbonyl (C=O) groups is 2. The fraction of sp³-hybridized carbons (Fsp3) is 0.300. The van der Waals surface area contributed by atoms with Crippen molar-refractivity contribution in [2.45, 2.75) is 24.7 Å². The summed E-state index contributed by atoms with van der Waals surface area (Å²) in [5.74, 6) is -0.500. The van der Waals surface area contributed by atoms with E-state index in [9.17, 15) is 9.59 Å². The number of benzene rings is 2. The zero-order valence-corrected chi connectivity index (χ0v) is 14.1. The van der Waals surface area contributed by atoms with Crippen LogP contribution in [0.2, 0.25) is 0 Å². The number of hydrogen-bond donors (Lipinski definition) is 0. The number of rotatable bonds is 4. The zero-order valence-electron chi connectivity index (χ0n) is 14.1. The molecule has 4 rings (SSSR count). The molecule has 134 valence electrons. The summed E-state index contributed by atoms with van der Waals surface area (Å²) in [6.45, 7) is 4.37. The molecule has 0 saturated carbocycles. The number of hydrogen-bond acceptors (Lipinski definition) is 6. The highest BCUT2D eigenvalue weighted by atomic mass is 16.6. The van der Waals surface area contributed by atoms with Crippen LogP contribution in [0.15, 0.2) is 49.1 Å². The monoisotopic (exact) mass is 354 g/mol. The Hall–Kier alpha value is -2.70. The highest BCUT2D eigenvalue weighted by Gasteiger charge is 2.44. The lowest BCUT2D eigenvalue weighted by Crippen LogP contribution is -2.32. The van der Waals surface area contributed by atoms with Gasteiger partial charge in [0.25, 0.3) is 0 Å². The van der Waals surface area contributed by atoms with Gasteiger partial charge in [0.1, 0.15) is 11.9 Å². The summed E-state index contributed by atoms with van der Waals surface area (Å²) in [6, 6.07) is 10.4. The van der Waals surface area contributed by atoms with Gasteiger partial charge in [0, 0.05) is 12.7 Å². The minimum Gasteiger partial charge on any atom is -0.453 e. The van der Waals surface area contributed by atoms with Crippen molar-refractivity contribution in [3.63, 3.8) is 0 Å². The van der Waals surface area contributed by atoms with E-state index in [0.29, 0.717) is 24.5 Å². The zero-order chi connectivity index (χ0) is 18.1. The van der Waals surface area contributed by atoms with Gasteiger partial charge in [-0.3, -0.25) is 0 Å². The summed E-state index contributed by atoms with van der Waals surface area (Å²) >= 11 is 0. The molecule has 0 radical (unpaired) electrons. The smallest absolute Gasteiger partial charge is 0.338 e. The minimum atomic E-state index is -0.518. The Morgan fingerprint density at radius 2 is 1.92 bits per heavy atom. The Morgan fingerprint density at radius 3 is 2.77 bits per heavy atom. The molecular weight excluding hydrogens is 336 g/mol. The van der Waals surface area contributed by atoms with E-state index in [2.05, 4.69) is 6.58 Å².